The first-order chi connectivity index (χ1) is 12.0. The highest BCUT2D eigenvalue weighted by Crippen LogP contribution is 2.18. The third-order valence-electron chi connectivity index (χ3n) is 4.39. The third kappa shape index (κ3) is 4.70. The van der Waals surface area contributed by atoms with Crippen molar-refractivity contribution in [2.75, 3.05) is 31.1 Å². The number of anilines is 1. The van der Waals surface area contributed by atoms with Crippen molar-refractivity contribution < 1.29 is 4.79 Å². The Morgan fingerprint density at radius 2 is 1.88 bits per heavy atom. The summed E-state index contributed by atoms with van der Waals surface area (Å²) in [6, 6.07) is 5.99. The van der Waals surface area contributed by atoms with Gasteiger partial charge >= 0.3 is 0 Å². The van der Waals surface area contributed by atoms with Crippen molar-refractivity contribution in [3.05, 3.63) is 51.2 Å². The maximum absolute atomic E-state index is 12.4. The van der Waals surface area contributed by atoms with Gasteiger partial charge < -0.3 is 9.80 Å². The van der Waals surface area contributed by atoms with E-state index in [1.54, 1.807) is 12.4 Å². The number of carbonyl (C=O) groups excluding carboxylic acids is 1. The van der Waals surface area contributed by atoms with E-state index >= 15 is 0 Å². The molecule has 25 heavy (non-hydrogen) atoms. The molecule has 132 valence electrons. The van der Waals surface area contributed by atoms with Gasteiger partial charge in [0.2, 0.25) is 11.9 Å². The second-order valence-corrected chi connectivity index (χ2v) is 7.48. The molecule has 3 rings (SSSR count). The smallest absolute Gasteiger partial charge is 0.225 e. The molecular formula is C18H20BrClN4O. The topological polar surface area (TPSA) is 49.3 Å². The largest absolute Gasteiger partial charge is 0.339 e. The van der Waals surface area contributed by atoms with E-state index in [2.05, 4.69) is 30.8 Å². The fourth-order valence-electron chi connectivity index (χ4n) is 2.83. The van der Waals surface area contributed by atoms with Gasteiger partial charge in [-0.15, -0.1) is 0 Å². The van der Waals surface area contributed by atoms with Crippen LogP contribution in [0.2, 0.25) is 5.02 Å². The van der Waals surface area contributed by atoms with Gasteiger partial charge in [0.15, 0.2) is 0 Å². The molecule has 0 unspecified atom stereocenters. The quantitative estimate of drug-likeness (QED) is 0.755. The number of carbonyl (C=O) groups is 1. The first kappa shape index (κ1) is 18.1. The van der Waals surface area contributed by atoms with Crippen LogP contribution in [0.5, 0.6) is 0 Å². The molecule has 1 aromatic carbocycles. The van der Waals surface area contributed by atoms with Gasteiger partial charge in [-0.3, -0.25) is 4.79 Å². The van der Waals surface area contributed by atoms with Crippen molar-refractivity contribution >= 4 is 39.4 Å². The zero-order valence-electron chi connectivity index (χ0n) is 14.1. The van der Waals surface area contributed by atoms with Crippen LogP contribution in [-0.4, -0.2) is 47.0 Å². The van der Waals surface area contributed by atoms with E-state index in [4.69, 9.17) is 11.6 Å². The minimum atomic E-state index is 0.188. The van der Waals surface area contributed by atoms with Gasteiger partial charge in [-0.2, -0.15) is 0 Å². The summed E-state index contributed by atoms with van der Waals surface area (Å²) in [5.74, 6) is 0.901. The molecule has 2 aromatic rings. The summed E-state index contributed by atoms with van der Waals surface area (Å²) >= 11 is 9.48. The van der Waals surface area contributed by atoms with E-state index in [-0.39, 0.29) is 5.91 Å². The monoisotopic (exact) mass is 422 g/mol. The van der Waals surface area contributed by atoms with Crippen molar-refractivity contribution in [3.63, 3.8) is 0 Å². The minimum Gasteiger partial charge on any atom is -0.339 e. The van der Waals surface area contributed by atoms with Crippen LogP contribution < -0.4 is 4.90 Å². The van der Waals surface area contributed by atoms with Crippen molar-refractivity contribution in [1.82, 2.24) is 14.9 Å². The molecule has 1 aliphatic rings. The SMILES string of the molecule is Cc1ccc(CCC(=O)N2CCN(c3ncc(Br)cn3)CC2)cc1Cl. The molecule has 0 spiro atoms. The van der Waals surface area contributed by atoms with Crippen LogP contribution in [-0.2, 0) is 11.2 Å². The molecule has 0 N–H and O–H groups in total. The van der Waals surface area contributed by atoms with E-state index < -0.39 is 0 Å². The molecule has 1 amide bonds. The van der Waals surface area contributed by atoms with E-state index in [1.807, 2.05) is 30.0 Å². The first-order valence-electron chi connectivity index (χ1n) is 8.28. The third-order valence-corrected chi connectivity index (χ3v) is 5.20. The summed E-state index contributed by atoms with van der Waals surface area (Å²) in [6.07, 6.45) is 4.71. The van der Waals surface area contributed by atoms with Crippen LogP contribution >= 0.6 is 27.5 Å². The number of rotatable bonds is 4. The molecule has 1 saturated heterocycles. The number of aryl methyl sites for hydroxylation is 2. The van der Waals surface area contributed by atoms with Crippen LogP contribution in [0, 0.1) is 6.92 Å². The van der Waals surface area contributed by atoms with Crippen molar-refractivity contribution in [1.29, 1.82) is 0 Å². The molecule has 0 saturated carbocycles. The van der Waals surface area contributed by atoms with Gasteiger partial charge in [0, 0.05) is 50.0 Å². The van der Waals surface area contributed by atoms with Crippen LogP contribution in [0.4, 0.5) is 5.95 Å². The lowest BCUT2D eigenvalue weighted by Gasteiger charge is -2.34. The minimum absolute atomic E-state index is 0.188. The summed E-state index contributed by atoms with van der Waals surface area (Å²) in [6.45, 7) is 4.89. The lowest BCUT2D eigenvalue weighted by Crippen LogP contribution is -2.49. The molecule has 1 fully saturated rings. The van der Waals surface area contributed by atoms with Crippen molar-refractivity contribution in [2.45, 2.75) is 19.8 Å². The van der Waals surface area contributed by atoms with Gasteiger partial charge in [-0.05, 0) is 46.5 Å². The predicted octanol–water partition coefficient (Wildman–Crippen LogP) is 3.48. The second-order valence-electron chi connectivity index (χ2n) is 6.15. The van der Waals surface area contributed by atoms with Gasteiger partial charge in [0.25, 0.3) is 0 Å². The number of aromatic nitrogens is 2. The highest BCUT2D eigenvalue weighted by molar-refractivity contribution is 9.10. The Morgan fingerprint density at radius 3 is 2.52 bits per heavy atom. The number of hydrogen-bond acceptors (Lipinski definition) is 4. The van der Waals surface area contributed by atoms with Gasteiger partial charge in [0.05, 0.1) is 4.47 Å². The maximum atomic E-state index is 12.4. The predicted molar refractivity (Wildman–Crippen MR) is 103 cm³/mol. The zero-order valence-corrected chi connectivity index (χ0v) is 16.4. The maximum Gasteiger partial charge on any atom is 0.225 e. The van der Waals surface area contributed by atoms with Crippen LogP contribution in [0.15, 0.2) is 35.1 Å². The Balaban J connectivity index is 1.49. The lowest BCUT2D eigenvalue weighted by atomic mass is 10.1. The molecule has 2 heterocycles. The molecular weight excluding hydrogens is 404 g/mol. The number of benzene rings is 1. The molecule has 7 heteroatoms. The summed E-state index contributed by atoms with van der Waals surface area (Å²) in [7, 11) is 0. The Hall–Kier alpha value is -1.66. The molecule has 1 aromatic heterocycles. The summed E-state index contributed by atoms with van der Waals surface area (Å²) in [5.41, 5.74) is 2.16. The van der Waals surface area contributed by atoms with E-state index in [9.17, 15) is 4.79 Å². The summed E-state index contributed by atoms with van der Waals surface area (Å²) in [4.78, 5) is 25.1. The lowest BCUT2D eigenvalue weighted by molar-refractivity contribution is -0.131. The molecule has 0 aliphatic carbocycles. The highest BCUT2D eigenvalue weighted by atomic mass is 79.9. The summed E-state index contributed by atoms with van der Waals surface area (Å²) in [5, 5.41) is 0.757. The first-order valence-corrected chi connectivity index (χ1v) is 9.45. The van der Waals surface area contributed by atoms with Gasteiger partial charge in [-0.25, -0.2) is 9.97 Å². The average molecular weight is 424 g/mol. The zero-order chi connectivity index (χ0) is 17.8. The van der Waals surface area contributed by atoms with Gasteiger partial charge in [-0.1, -0.05) is 23.7 Å². The fourth-order valence-corrected chi connectivity index (χ4v) is 3.23. The molecule has 0 atom stereocenters. The highest BCUT2D eigenvalue weighted by Gasteiger charge is 2.22. The number of piperazine rings is 1. The summed E-state index contributed by atoms with van der Waals surface area (Å²) < 4.78 is 0.862. The molecule has 0 bridgehead atoms. The van der Waals surface area contributed by atoms with Crippen LogP contribution in [0.1, 0.15) is 17.5 Å². The second kappa shape index (κ2) is 8.15. The Kier molecular flexibility index (Phi) is 5.91. The number of hydrogen-bond donors (Lipinski definition) is 0. The number of halogens is 2. The Bertz CT molecular complexity index is 745. The van der Waals surface area contributed by atoms with Crippen LogP contribution in [0.3, 0.4) is 0 Å². The number of nitrogens with zero attached hydrogens (tertiary/aromatic N) is 4. The van der Waals surface area contributed by atoms with E-state index in [1.165, 1.54) is 0 Å². The van der Waals surface area contributed by atoms with Gasteiger partial charge in [0.1, 0.15) is 0 Å². The molecule has 1 aliphatic heterocycles. The Labute approximate surface area is 161 Å². The van der Waals surface area contributed by atoms with Crippen molar-refractivity contribution in [3.8, 4) is 0 Å². The normalized spacial score (nSPS) is 14.7. The molecule has 0 radical (unpaired) electrons. The number of amides is 1. The van der Waals surface area contributed by atoms with Crippen molar-refractivity contribution in [2.24, 2.45) is 0 Å². The van der Waals surface area contributed by atoms with E-state index in [0.717, 1.165) is 40.1 Å². The standard InChI is InChI=1S/C18H20BrClN4O/c1-13-2-3-14(10-16(13)20)4-5-17(25)23-6-8-24(9-7-23)18-21-11-15(19)12-22-18/h2-3,10-12H,4-9H2,1H3. The molecule has 5 nitrogen and oxygen atoms in total. The Morgan fingerprint density at radius 1 is 1.20 bits per heavy atom. The fraction of sp³-hybridized carbons (Fsp3) is 0.389. The van der Waals surface area contributed by atoms with Crippen LogP contribution in [0.25, 0.3) is 0 Å². The van der Waals surface area contributed by atoms with E-state index in [0.29, 0.717) is 25.5 Å². The average Bonchev–Trinajstić information content (AvgIpc) is 2.63.